The van der Waals surface area contributed by atoms with E-state index in [2.05, 4.69) is 0 Å². The van der Waals surface area contributed by atoms with E-state index in [9.17, 15) is 20.1 Å². The van der Waals surface area contributed by atoms with Crippen molar-refractivity contribution < 1.29 is 25.2 Å². The predicted octanol–water partition coefficient (Wildman–Crippen LogP) is 3.38. The van der Waals surface area contributed by atoms with Crippen molar-refractivity contribution in [2.45, 2.75) is 75.6 Å². The van der Waals surface area contributed by atoms with Gasteiger partial charge in [-0.05, 0) is 63.5 Å². The van der Waals surface area contributed by atoms with Gasteiger partial charge in [0.05, 0.1) is 24.7 Å². The van der Waals surface area contributed by atoms with E-state index in [1.165, 1.54) is 11.3 Å². The fraction of sp³-hybridized carbons (Fsp3) is 0.667. The normalized spacial score (nSPS) is 27.3. The maximum Gasteiger partial charge on any atom is 0.308 e. The Labute approximate surface area is 175 Å². The number of aliphatic hydroxyl groups is 3. The smallest absolute Gasteiger partial charge is 0.308 e. The molecular formula is C21H31ClO5S. The number of carboxylic acids is 1. The minimum absolute atomic E-state index is 0.0449. The molecule has 1 aliphatic carbocycles. The lowest BCUT2D eigenvalue weighted by Crippen LogP contribution is -2.20. The second kappa shape index (κ2) is 11.3. The monoisotopic (exact) mass is 430 g/mol. The Morgan fingerprint density at radius 1 is 1.32 bits per heavy atom. The lowest BCUT2D eigenvalue weighted by atomic mass is 9.89. The first kappa shape index (κ1) is 23.4. The van der Waals surface area contributed by atoms with Crippen molar-refractivity contribution >= 4 is 28.9 Å². The third-order valence-electron chi connectivity index (χ3n) is 5.31. The van der Waals surface area contributed by atoms with Gasteiger partial charge in [0.1, 0.15) is 0 Å². The Morgan fingerprint density at radius 3 is 2.71 bits per heavy atom. The standard InChI is InChI=1S/C21H31ClO5S/c1-13(23)3-2-4-14(24)5-9-18-17(19(22)12-20(18)25)10-8-15-6-7-16(28-15)11-21(26)27/h5-7,9,13-14,17-20,23-25H,2-4,8,10-12H2,1H3,(H,26,27)/b9-5+/t13-,14+,17-,18-,19-,20-/m1/s1. The van der Waals surface area contributed by atoms with Crippen LogP contribution in [0.5, 0.6) is 0 Å². The van der Waals surface area contributed by atoms with Gasteiger partial charge in [0.15, 0.2) is 0 Å². The minimum atomic E-state index is -0.828. The number of aryl methyl sites for hydroxylation is 1. The summed E-state index contributed by atoms with van der Waals surface area (Å²) >= 11 is 8.00. The van der Waals surface area contributed by atoms with E-state index in [0.29, 0.717) is 19.3 Å². The zero-order valence-electron chi connectivity index (χ0n) is 16.2. The van der Waals surface area contributed by atoms with Gasteiger partial charge in [-0.3, -0.25) is 4.79 Å². The molecule has 0 spiro atoms. The van der Waals surface area contributed by atoms with Crippen LogP contribution in [0.3, 0.4) is 0 Å². The number of carboxylic acid groups (broad SMARTS) is 1. The summed E-state index contributed by atoms with van der Waals surface area (Å²) in [5.74, 6) is -0.805. The molecule has 1 aromatic heterocycles. The summed E-state index contributed by atoms with van der Waals surface area (Å²) in [5.41, 5.74) is 0. The second-order valence-corrected chi connectivity index (χ2v) is 9.58. The summed E-state index contributed by atoms with van der Waals surface area (Å²) in [6, 6.07) is 3.82. The molecular weight excluding hydrogens is 400 g/mol. The Balaban J connectivity index is 1.89. The van der Waals surface area contributed by atoms with Crippen LogP contribution in [-0.2, 0) is 17.6 Å². The first-order valence-electron chi connectivity index (χ1n) is 9.92. The summed E-state index contributed by atoms with van der Waals surface area (Å²) in [6.45, 7) is 1.74. The van der Waals surface area contributed by atoms with E-state index in [1.807, 2.05) is 18.2 Å². The van der Waals surface area contributed by atoms with Crippen molar-refractivity contribution in [3.8, 4) is 0 Å². The third kappa shape index (κ3) is 7.48. The molecule has 1 heterocycles. The molecule has 0 saturated heterocycles. The van der Waals surface area contributed by atoms with E-state index >= 15 is 0 Å². The number of rotatable bonds is 11. The molecule has 0 unspecified atom stereocenters. The van der Waals surface area contributed by atoms with E-state index in [-0.39, 0.29) is 29.7 Å². The summed E-state index contributed by atoms with van der Waals surface area (Å²) in [5, 5.41) is 38.5. The topological polar surface area (TPSA) is 98.0 Å². The number of alkyl halides is 1. The number of aliphatic hydroxyl groups excluding tert-OH is 3. The van der Waals surface area contributed by atoms with Gasteiger partial charge < -0.3 is 20.4 Å². The van der Waals surface area contributed by atoms with E-state index < -0.39 is 18.2 Å². The molecule has 0 aliphatic heterocycles. The largest absolute Gasteiger partial charge is 0.481 e. The van der Waals surface area contributed by atoms with Crippen molar-refractivity contribution in [3.05, 3.63) is 34.0 Å². The molecule has 0 bridgehead atoms. The van der Waals surface area contributed by atoms with Gasteiger partial charge in [-0.1, -0.05) is 12.2 Å². The van der Waals surface area contributed by atoms with Crippen molar-refractivity contribution in [1.82, 2.24) is 0 Å². The molecule has 2 rings (SSSR count). The second-order valence-electron chi connectivity index (χ2n) is 7.77. The Bertz CT molecular complexity index is 644. The molecule has 7 heteroatoms. The summed E-state index contributed by atoms with van der Waals surface area (Å²) in [7, 11) is 0. The zero-order chi connectivity index (χ0) is 20.7. The van der Waals surface area contributed by atoms with Gasteiger partial charge in [0.2, 0.25) is 0 Å². The lowest BCUT2D eigenvalue weighted by Gasteiger charge is -2.20. The van der Waals surface area contributed by atoms with Crippen molar-refractivity contribution in [2.24, 2.45) is 11.8 Å². The molecule has 4 N–H and O–H groups in total. The van der Waals surface area contributed by atoms with Crippen LogP contribution in [-0.4, -0.2) is 50.1 Å². The third-order valence-corrected chi connectivity index (χ3v) is 6.96. The molecule has 158 valence electrons. The molecule has 5 nitrogen and oxygen atoms in total. The van der Waals surface area contributed by atoms with Gasteiger partial charge >= 0.3 is 5.97 Å². The number of aliphatic carboxylic acids is 1. The lowest BCUT2D eigenvalue weighted by molar-refractivity contribution is -0.136. The Hall–Kier alpha value is -0.920. The maximum atomic E-state index is 10.8. The number of hydrogen-bond donors (Lipinski definition) is 4. The van der Waals surface area contributed by atoms with Gasteiger partial charge in [-0.15, -0.1) is 22.9 Å². The molecule has 28 heavy (non-hydrogen) atoms. The van der Waals surface area contributed by atoms with Crippen LogP contribution in [0.4, 0.5) is 0 Å². The molecule has 0 radical (unpaired) electrons. The Kier molecular flexibility index (Phi) is 9.44. The Morgan fingerprint density at radius 2 is 2.04 bits per heavy atom. The highest BCUT2D eigenvalue weighted by molar-refractivity contribution is 7.12. The number of thiophene rings is 1. The minimum Gasteiger partial charge on any atom is -0.481 e. The van der Waals surface area contributed by atoms with Crippen LogP contribution in [0.2, 0.25) is 0 Å². The summed E-state index contributed by atoms with van der Waals surface area (Å²) < 4.78 is 0. The van der Waals surface area contributed by atoms with Crippen LogP contribution in [0, 0.1) is 11.8 Å². The highest BCUT2D eigenvalue weighted by Crippen LogP contribution is 2.40. The van der Waals surface area contributed by atoms with Gasteiger partial charge in [0, 0.05) is 21.0 Å². The van der Waals surface area contributed by atoms with E-state index in [0.717, 1.165) is 29.0 Å². The van der Waals surface area contributed by atoms with Crippen LogP contribution in [0.1, 0.15) is 48.8 Å². The number of halogens is 1. The maximum absolute atomic E-state index is 10.8. The molecule has 1 fully saturated rings. The van der Waals surface area contributed by atoms with Crippen LogP contribution < -0.4 is 0 Å². The first-order chi connectivity index (χ1) is 13.3. The van der Waals surface area contributed by atoms with Crippen LogP contribution in [0.15, 0.2) is 24.3 Å². The average molecular weight is 431 g/mol. The average Bonchev–Trinajstić information content (AvgIpc) is 3.13. The molecule has 0 aromatic carbocycles. The highest BCUT2D eigenvalue weighted by Gasteiger charge is 2.39. The SMILES string of the molecule is C[C@@H](O)CCC[C@H](O)/C=C/[C@@H]1[C@@H](CCc2ccc(CC(=O)O)s2)[C@H](Cl)C[C@H]1O. The van der Waals surface area contributed by atoms with Gasteiger partial charge in [0.25, 0.3) is 0 Å². The zero-order valence-corrected chi connectivity index (χ0v) is 17.8. The van der Waals surface area contributed by atoms with E-state index in [4.69, 9.17) is 16.7 Å². The van der Waals surface area contributed by atoms with Crippen molar-refractivity contribution in [1.29, 1.82) is 0 Å². The van der Waals surface area contributed by atoms with Crippen molar-refractivity contribution in [3.63, 3.8) is 0 Å². The predicted molar refractivity (Wildman–Crippen MR) is 112 cm³/mol. The van der Waals surface area contributed by atoms with Crippen molar-refractivity contribution in [2.75, 3.05) is 0 Å². The van der Waals surface area contributed by atoms with Crippen LogP contribution in [0.25, 0.3) is 0 Å². The quantitative estimate of drug-likeness (QED) is 0.318. The fourth-order valence-electron chi connectivity index (χ4n) is 3.82. The van der Waals surface area contributed by atoms with Crippen LogP contribution >= 0.6 is 22.9 Å². The highest BCUT2D eigenvalue weighted by atomic mass is 35.5. The molecule has 1 aliphatic rings. The summed E-state index contributed by atoms with van der Waals surface area (Å²) in [6.07, 6.45) is 6.36. The molecule has 0 amide bonds. The molecule has 1 aromatic rings. The first-order valence-corrected chi connectivity index (χ1v) is 11.2. The molecule has 6 atom stereocenters. The van der Waals surface area contributed by atoms with E-state index in [1.54, 1.807) is 13.0 Å². The van der Waals surface area contributed by atoms with Gasteiger partial charge in [-0.25, -0.2) is 0 Å². The fourth-order valence-corrected chi connectivity index (χ4v) is 5.32. The number of hydrogen-bond acceptors (Lipinski definition) is 5. The van der Waals surface area contributed by atoms with Gasteiger partial charge in [-0.2, -0.15) is 0 Å². The number of carbonyl (C=O) groups is 1. The molecule has 1 saturated carbocycles. The summed E-state index contributed by atoms with van der Waals surface area (Å²) in [4.78, 5) is 12.8.